The first-order chi connectivity index (χ1) is 13.5. The number of nitrogens with zero attached hydrogens (tertiary/aromatic N) is 1. The van der Waals surface area contributed by atoms with Crippen LogP contribution in [-0.4, -0.2) is 38.3 Å². The summed E-state index contributed by atoms with van der Waals surface area (Å²) in [4.78, 5) is 13.3. The maximum Gasteiger partial charge on any atom is 0.262 e. The van der Waals surface area contributed by atoms with E-state index in [1.165, 1.54) is 54.2 Å². The van der Waals surface area contributed by atoms with E-state index in [4.69, 9.17) is 0 Å². The molecule has 6 rings (SSSR count). The summed E-state index contributed by atoms with van der Waals surface area (Å²) in [5.74, 6) is 2.52. The Bertz CT molecular complexity index is 819. The maximum atomic E-state index is 12.9. The zero-order valence-electron chi connectivity index (χ0n) is 16.4. The number of carbonyl (C=O) groups is 1. The van der Waals surface area contributed by atoms with Crippen LogP contribution in [0.3, 0.4) is 0 Å². The molecule has 5 nitrogen and oxygen atoms in total. The number of amides is 1. The highest BCUT2D eigenvalue weighted by Gasteiger charge is 2.50. The molecule has 4 aliphatic carbocycles. The molecule has 4 bridgehead atoms. The number of sulfonamides is 1. The Balaban J connectivity index is 1.23. The van der Waals surface area contributed by atoms with Crippen LogP contribution in [0, 0.1) is 23.2 Å². The van der Waals surface area contributed by atoms with Crippen LogP contribution in [0.25, 0.3) is 0 Å². The van der Waals surface area contributed by atoms with E-state index in [2.05, 4.69) is 5.32 Å². The van der Waals surface area contributed by atoms with E-state index in [0.29, 0.717) is 29.9 Å². The second kappa shape index (κ2) is 7.10. The molecule has 4 saturated carbocycles. The van der Waals surface area contributed by atoms with Gasteiger partial charge in [0.15, 0.2) is 0 Å². The second-order valence-electron chi connectivity index (χ2n) is 9.65. The molecular weight excluding hydrogens is 392 g/mol. The summed E-state index contributed by atoms with van der Waals surface area (Å²) in [7, 11) is -3.55. The minimum atomic E-state index is -3.55. The quantitative estimate of drug-likeness (QED) is 0.757. The van der Waals surface area contributed by atoms with Crippen LogP contribution in [-0.2, 0) is 10.0 Å². The lowest BCUT2D eigenvalue weighted by molar-refractivity contribution is -0.0564. The van der Waals surface area contributed by atoms with E-state index < -0.39 is 10.0 Å². The van der Waals surface area contributed by atoms with E-state index in [0.717, 1.165) is 37.0 Å². The van der Waals surface area contributed by atoms with Gasteiger partial charge in [-0.15, -0.1) is 11.3 Å². The molecular formula is C21H30N2O3S2. The van der Waals surface area contributed by atoms with Gasteiger partial charge in [-0.3, -0.25) is 4.79 Å². The first-order valence-corrected chi connectivity index (χ1v) is 13.1. The largest absolute Gasteiger partial charge is 0.351 e. The second-order valence-corrected chi connectivity index (χ2v) is 12.5. The lowest BCUT2D eigenvalue weighted by Crippen LogP contribution is -2.47. The summed E-state index contributed by atoms with van der Waals surface area (Å²) in [6.45, 7) is 1.78. The smallest absolute Gasteiger partial charge is 0.262 e. The number of hydrogen-bond acceptors (Lipinski definition) is 4. The van der Waals surface area contributed by atoms with Crippen molar-refractivity contribution in [3.8, 4) is 0 Å². The van der Waals surface area contributed by atoms with E-state index in [1.54, 1.807) is 11.4 Å². The lowest BCUT2D eigenvalue weighted by atomic mass is 9.49. The fourth-order valence-corrected chi connectivity index (χ4v) is 9.69. The molecule has 0 radical (unpaired) electrons. The molecule has 1 aliphatic heterocycles. The van der Waals surface area contributed by atoms with Gasteiger partial charge >= 0.3 is 0 Å². The first kappa shape index (κ1) is 19.1. The van der Waals surface area contributed by atoms with Crippen molar-refractivity contribution in [1.29, 1.82) is 0 Å². The first-order valence-electron chi connectivity index (χ1n) is 10.8. The fourth-order valence-electron chi connectivity index (χ4n) is 6.85. The molecule has 2 heterocycles. The Kier molecular flexibility index (Phi) is 4.83. The monoisotopic (exact) mass is 422 g/mol. The van der Waals surface area contributed by atoms with Crippen LogP contribution in [0.15, 0.2) is 16.3 Å². The van der Waals surface area contributed by atoms with Gasteiger partial charge < -0.3 is 5.32 Å². The SMILES string of the molecule is O=C(NCCC12CC3CC(CC(C3)C1)C2)c1sccc1S(=O)(=O)N1CCCC1. The predicted molar refractivity (Wildman–Crippen MR) is 110 cm³/mol. The van der Waals surface area contributed by atoms with Crippen LogP contribution >= 0.6 is 11.3 Å². The van der Waals surface area contributed by atoms with Gasteiger partial charge in [-0.1, -0.05) is 0 Å². The minimum absolute atomic E-state index is 0.187. The van der Waals surface area contributed by atoms with E-state index in [9.17, 15) is 13.2 Å². The Labute approximate surface area is 171 Å². The van der Waals surface area contributed by atoms with Crippen LogP contribution < -0.4 is 5.32 Å². The zero-order chi connectivity index (χ0) is 19.4. The van der Waals surface area contributed by atoms with Crippen LogP contribution in [0.4, 0.5) is 0 Å². The summed E-state index contributed by atoms with van der Waals surface area (Å²) >= 11 is 1.24. The third kappa shape index (κ3) is 3.33. The van der Waals surface area contributed by atoms with E-state index in [1.807, 2.05) is 0 Å². The standard InChI is InChI=1S/C21H30N2O3S2/c24-20(19-18(3-8-27-19)28(25,26)23-6-1-2-7-23)22-5-4-21-12-15-9-16(13-21)11-17(10-15)14-21/h3,8,15-17H,1-2,4-7,9-14H2,(H,22,24). The highest BCUT2D eigenvalue weighted by Crippen LogP contribution is 2.61. The van der Waals surface area contributed by atoms with Crippen LogP contribution in [0.1, 0.15) is 67.5 Å². The average molecular weight is 423 g/mol. The number of thiophene rings is 1. The molecule has 1 N–H and O–H groups in total. The van der Waals surface area contributed by atoms with Gasteiger partial charge in [0.2, 0.25) is 10.0 Å². The van der Waals surface area contributed by atoms with Crippen molar-refractivity contribution < 1.29 is 13.2 Å². The molecule has 0 aromatic carbocycles. The summed E-state index contributed by atoms with van der Waals surface area (Å²) in [5, 5.41) is 4.77. The molecule has 7 heteroatoms. The van der Waals surface area contributed by atoms with Gasteiger partial charge in [0.25, 0.3) is 5.91 Å². The molecule has 0 unspecified atom stereocenters. The van der Waals surface area contributed by atoms with Crippen molar-refractivity contribution in [2.45, 2.75) is 62.7 Å². The van der Waals surface area contributed by atoms with E-state index in [-0.39, 0.29) is 10.8 Å². The number of carbonyl (C=O) groups excluding carboxylic acids is 1. The van der Waals surface area contributed by atoms with Gasteiger partial charge in [-0.05, 0) is 92.4 Å². The van der Waals surface area contributed by atoms with Crippen molar-refractivity contribution in [3.05, 3.63) is 16.3 Å². The molecule has 0 atom stereocenters. The van der Waals surface area contributed by atoms with E-state index >= 15 is 0 Å². The van der Waals surface area contributed by atoms with Gasteiger partial charge in [-0.25, -0.2) is 8.42 Å². The molecule has 0 spiro atoms. The fraction of sp³-hybridized carbons (Fsp3) is 0.762. The van der Waals surface area contributed by atoms with Gasteiger partial charge in [0.1, 0.15) is 9.77 Å². The van der Waals surface area contributed by atoms with Crippen molar-refractivity contribution >= 4 is 27.3 Å². The van der Waals surface area contributed by atoms with Gasteiger partial charge in [-0.2, -0.15) is 4.31 Å². The molecule has 154 valence electrons. The highest BCUT2D eigenvalue weighted by molar-refractivity contribution is 7.89. The number of hydrogen-bond donors (Lipinski definition) is 1. The number of nitrogens with one attached hydrogen (secondary N) is 1. The molecule has 1 aromatic heterocycles. The summed E-state index contributed by atoms with van der Waals surface area (Å²) < 4.78 is 27.3. The number of rotatable bonds is 6. The van der Waals surface area contributed by atoms with Crippen molar-refractivity contribution in [1.82, 2.24) is 9.62 Å². The van der Waals surface area contributed by atoms with Crippen molar-refractivity contribution in [2.24, 2.45) is 23.2 Å². The Morgan fingerprint density at radius 3 is 2.32 bits per heavy atom. The average Bonchev–Trinajstić information content (AvgIpc) is 3.33. The van der Waals surface area contributed by atoms with Crippen LogP contribution in [0.2, 0.25) is 0 Å². The molecule has 1 aromatic rings. The third-order valence-electron chi connectivity index (χ3n) is 7.62. The maximum absolute atomic E-state index is 12.9. The molecule has 5 aliphatic rings. The lowest BCUT2D eigenvalue weighted by Gasteiger charge is -2.57. The molecule has 1 amide bonds. The third-order valence-corrected chi connectivity index (χ3v) is 10.6. The Morgan fingerprint density at radius 2 is 1.71 bits per heavy atom. The van der Waals surface area contributed by atoms with Crippen LogP contribution in [0.5, 0.6) is 0 Å². The highest BCUT2D eigenvalue weighted by atomic mass is 32.2. The normalized spacial score (nSPS) is 34.8. The Hall–Kier alpha value is -0.920. The summed E-state index contributed by atoms with van der Waals surface area (Å²) in [6.07, 6.45) is 11.1. The molecule has 1 saturated heterocycles. The molecule has 28 heavy (non-hydrogen) atoms. The van der Waals surface area contributed by atoms with Crippen molar-refractivity contribution in [2.75, 3.05) is 19.6 Å². The summed E-state index contributed by atoms with van der Waals surface area (Å²) in [5.41, 5.74) is 0.432. The Morgan fingerprint density at radius 1 is 1.11 bits per heavy atom. The van der Waals surface area contributed by atoms with Crippen molar-refractivity contribution in [3.63, 3.8) is 0 Å². The van der Waals surface area contributed by atoms with Gasteiger partial charge in [0, 0.05) is 19.6 Å². The zero-order valence-corrected chi connectivity index (χ0v) is 18.0. The van der Waals surface area contributed by atoms with Gasteiger partial charge in [0.05, 0.1) is 0 Å². The molecule has 5 fully saturated rings. The topological polar surface area (TPSA) is 66.5 Å². The minimum Gasteiger partial charge on any atom is -0.351 e. The summed E-state index contributed by atoms with van der Waals surface area (Å²) in [6, 6.07) is 1.59. The predicted octanol–water partition coefficient (Wildman–Crippen LogP) is 3.87.